The number of halogens is 3. The third-order valence-corrected chi connectivity index (χ3v) is 4.95. The van der Waals surface area contributed by atoms with Crippen molar-refractivity contribution in [1.29, 1.82) is 0 Å². The van der Waals surface area contributed by atoms with E-state index >= 15 is 0 Å². The van der Waals surface area contributed by atoms with Gasteiger partial charge in [0.05, 0.1) is 11.6 Å². The Labute approximate surface area is 161 Å². The highest BCUT2D eigenvalue weighted by molar-refractivity contribution is 7.90. The fourth-order valence-electron chi connectivity index (χ4n) is 1.96. The number of nitrogens with one attached hydrogen (secondary N) is 2. The van der Waals surface area contributed by atoms with Crippen molar-refractivity contribution in [2.45, 2.75) is 71.0 Å². The Bertz CT molecular complexity index is 667. The van der Waals surface area contributed by atoms with Crippen LogP contribution in [0.2, 0.25) is 0 Å². The summed E-state index contributed by atoms with van der Waals surface area (Å²) in [7, 11) is 0. The number of carbonyl (C=O) groups excluding carboxylic acids is 1. The molecule has 2 atom stereocenters. The van der Waals surface area contributed by atoms with Gasteiger partial charge in [-0.2, -0.15) is 13.2 Å². The molecule has 27 heavy (non-hydrogen) atoms. The van der Waals surface area contributed by atoms with Crippen molar-refractivity contribution in [3.05, 3.63) is 29.3 Å². The highest BCUT2D eigenvalue weighted by atomic mass is 32.2. The molecule has 0 heterocycles. The van der Waals surface area contributed by atoms with Crippen LogP contribution in [-0.4, -0.2) is 21.0 Å². The summed E-state index contributed by atoms with van der Waals surface area (Å²) in [4.78, 5) is 11.9. The van der Waals surface area contributed by atoms with Gasteiger partial charge >= 0.3 is 12.3 Å². The fourth-order valence-corrected chi connectivity index (χ4v) is 2.78. The van der Waals surface area contributed by atoms with Crippen LogP contribution in [0.15, 0.2) is 18.2 Å². The first kappa shape index (κ1) is 23.6. The lowest BCUT2D eigenvalue weighted by Crippen LogP contribution is -2.40. The topological polar surface area (TPSA) is 73.4 Å². The number of carbonyl (C=O) groups is 1. The third-order valence-electron chi connectivity index (χ3n) is 3.27. The third kappa shape index (κ3) is 7.98. The van der Waals surface area contributed by atoms with Gasteiger partial charge < -0.3 is 9.29 Å². The number of anilines is 1. The van der Waals surface area contributed by atoms with Gasteiger partial charge in [0.25, 0.3) is 0 Å². The Hall–Kier alpha value is -1.45. The van der Waals surface area contributed by atoms with E-state index < -0.39 is 45.6 Å². The van der Waals surface area contributed by atoms with Crippen LogP contribution in [0.25, 0.3) is 0 Å². The maximum absolute atomic E-state index is 13.2. The molecule has 0 aliphatic carbocycles. The molecule has 0 radical (unpaired) electrons. The Morgan fingerprint density at radius 2 is 1.67 bits per heavy atom. The first-order chi connectivity index (χ1) is 12.0. The smallest absolute Gasteiger partial charge is 0.416 e. The lowest BCUT2D eigenvalue weighted by Gasteiger charge is -2.27. The van der Waals surface area contributed by atoms with Gasteiger partial charge in [0, 0.05) is 17.0 Å². The van der Waals surface area contributed by atoms with Crippen LogP contribution in [0.4, 0.5) is 23.7 Å². The van der Waals surface area contributed by atoms with Crippen LogP contribution in [0.3, 0.4) is 0 Å². The van der Waals surface area contributed by atoms with E-state index in [1.807, 2.05) is 0 Å². The molecule has 5 nitrogen and oxygen atoms in total. The summed E-state index contributed by atoms with van der Waals surface area (Å²) in [6.45, 7) is 11.8. The van der Waals surface area contributed by atoms with Crippen LogP contribution >= 0.6 is 0 Å². The van der Waals surface area contributed by atoms with Crippen molar-refractivity contribution in [3.8, 4) is 0 Å². The number of amides is 1. The van der Waals surface area contributed by atoms with Crippen LogP contribution in [0.5, 0.6) is 0 Å². The molecule has 0 bridgehead atoms. The summed E-state index contributed by atoms with van der Waals surface area (Å²) in [5.41, 5.74) is -1.51. The second kappa shape index (κ2) is 8.28. The molecule has 0 saturated carbocycles. The van der Waals surface area contributed by atoms with Gasteiger partial charge in [-0.05, 0) is 72.2 Å². The molecular formula is C18H27F3N2O3S. The number of ether oxygens (including phenoxy) is 1. The monoisotopic (exact) mass is 408 g/mol. The van der Waals surface area contributed by atoms with Gasteiger partial charge in [-0.1, -0.05) is 0 Å². The average molecular weight is 408 g/mol. The SMILES string of the molecule is C[C@@H](N[S+]([O-])C(C)(C)C)c1cc(NC(=O)OC(C)(C)C)cc(C(F)(F)F)c1. The first-order valence-corrected chi connectivity index (χ1v) is 9.54. The predicted molar refractivity (Wildman–Crippen MR) is 101 cm³/mol. The quantitative estimate of drug-likeness (QED) is 0.675. The minimum absolute atomic E-state index is 0.0516. The van der Waals surface area contributed by atoms with E-state index in [0.717, 1.165) is 12.1 Å². The molecule has 0 fully saturated rings. The van der Waals surface area contributed by atoms with Crippen molar-refractivity contribution in [3.63, 3.8) is 0 Å². The van der Waals surface area contributed by atoms with E-state index in [1.165, 1.54) is 6.07 Å². The van der Waals surface area contributed by atoms with Crippen molar-refractivity contribution < 1.29 is 27.3 Å². The van der Waals surface area contributed by atoms with Gasteiger partial charge in [-0.15, -0.1) is 4.72 Å². The Morgan fingerprint density at radius 3 is 2.11 bits per heavy atom. The van der Waals surface area contributed by atoms with Crippen LogP contribution < -0.4 is 10.0 Å². The second-order valence-corrected chi connectivity index (χ2v) is 10.2. The van der Waals surface area contributed by atoms with Gasteiger partial charge in [0.1, 0.15) is 10.3 Å². The van der Waals surface area contributed by atoms with E-state index in [-0.39, 0.29) is 11.3 Å². The summed E-state index contributed by atoms with van der Waals surface area (Å²) in [6.07, 6.45) is -5.45. The van der Waals surface area contributed by atoms with E-state index in [1.54, 1.807) is 48.5 Å². The van der Waals surface area contributed by atoms with Gasteiger partial charge in [0.2, 0.25) is 0 Å². The molecule has 0 saturated heterocycles. The molecule has 1 amide bonds. The van der Waals surface area contributed by atoms with Crippen LogP contribution in [-0.2, 0) is 22.3 Å². The van der Waals surface area contributed by atoms with Crippen molar-refractivity contribution in [2.24, 2.45) is 0 Å². The minimum atomic E-state index is -4.59. The lowest BCUT2D eigenvalue weighted by atomic mass is 10.0. The highest BCUT2D eigenvalue weighted by Crippen LogP contribution is 2.34. The zero-order valence-electron chi connectivity index (χ0n) is 16.6. The summed E-state index contributed by atoms with van der Waals surface area (Å²) >= 11 is -1.47. The normalized spacial score (nSPS) is 15.2. The molecule has 9 heteroatoms. The van der Waals surface area contributed by atoms with Crippen molar-refractivity contribution >= 4 is 23.1 Å². The lowest BCUT2D eigenvalue weighted by molar-refractivity contribution is -0.137. The molecule has 1 unspecified atom stereocenters. The largest absolute Gasteiger partial charge is 0.598 e. The zero-order valence-corrected chi connectivity index (χ0v) is 17.4. The molecule has 1 rings (SSSR count). The summed E-state index contributed by atoms with van der Waals surface area (Å²) < 4.78 is 59.3. The van der Waals surface area contributed by atoms with Gasteiger partial charge in [-0.3, -0.25) is 5.32 Å². The Balaban J connectivity index is 3.15. The average Bonchev–Trinajstić information content (AvgIpc) is 2.42. The zero-order chi connectivity index (χ0) is 21.2. The van der Waals surface area contributed by atoms with Crippen molar-refractivity contribution in [2.75, 3.05) is 5.32 Å². The van der Waals surface area contributed by atoms with E-state index in [4.69, 9.17) is 4.74 Å². The van der Waals surface area contributed by atoms with Gasteiger partial charge in [0.15, 0.2) is 0 Å². The maximum Gasteiger partial charge on any atom is 0.416 e. The molecule has 0 aliphatic heterocycles. The van der Waals surface area contributed by atoms with E-state index in [0.29, 0.717) is 0 Å². The molecule has 1 aromatic carbocycles. The summed E-state index contributed by atoms with van der Waals surface area (Å²) in [6, 6.07) is 2.57. The molecule has 1 aromatic rings. The molecule has 0 spiro atoms. The molecular weight excluding hydrogens is 381 g/mol. The standard InChI is InChI=1S/C18H27F3N2O3S/c1-11(23-27(25)17(5,6)7)12-8-13(18(19,20)21)10-14(9-12)22-15(24)26-16(2,3)4/h8-11,23H,1-7H3,(H,22,24)/t11-,27?/m1/s1. The Morgan fingerprint density at radius 1 is 1.11 bits per heavy atom. The molecule has 2 N–H and O–H groups in total. The predicted octanol–water partition coefficient (Wildman–Crippen LogP) is 5.17. The van der Waals surface area contributed by atoms with Gasteiger partial charge in [-0.25, -0.2) is 4.79 Å². The highest BCUT2D eigenvalue weighted by Gasteiger charge is 2.33. The second-order valence-electron chi connectivity index (χ2n) is 8.19. The maximum atomic E-state index is 13.2. The number of rotatable bonds is 4. The van der Waals surface area contributed by atoms with E-state index in [2.05, 4.69) is 10.0 Å². The number of hydrogen-bond donors (Lipinski definition) is 2. The summed E-state index contributed by atoms with van der Waals surface area (Å²) in [5.74, 6) is 0. The molecule has 0 aliphatic rings. The number of hydrogen-bond acceptors (Lipinski definition) is 4. The fraction of sp³-hybridized carbons (Fsp3) is 0.611. The Kier molecular flexibility index (Phi) is 7.23. The summed E-state index contributed by atoms with van der Waals surface area (Å²) in [5, 5.41) is 2.32. The van der Waals surface area contributed by atoms with E-state index in [9.17, 15) is 22.5 Å². The number of benzene rings is 1. The first-order valence-electron chi connectivity index (χ1n) is 8.39. The van der Waals surface area contributed by atoms with Crippen LogP contribution in [0, 0.1) is 0 Å². The molecule has 0 aromatic heterocycles. The van der Waals surface area contributed by atoms with Crippen LogP contribution in [0.1, 0.15) is 65.6 Å². The molecule has 154 valence electrons. The number of alkyl halides is 3. The minimum Gasteiger partial charge on any atom is -0.598 e. The van der Waals surface area contributed by atoms with Crippen molar-refractivity contribution in [1.82, 2.24) is 4.72 Å².